The summed E-state index contributed by atoms with van der Waals surface area (Å²) >= 11 is 0. The first-order valence-corrected chi connectivity index (χ1v) is 4.79. The second kappa shape index (κ2) is 4.78. The molecule has 0 radical (unpaired) electrons. The Morgan fingerprint density at radius 1 is 1.38 bits per heavy atom. The number of carbonyl (C=O) groups is 1. The van der Waals surface area contributed by atoms with Crippen molar-refractivity contribution in [3.05, 3.63) is 18.0 Å². The van der Waals surface area contributed by atoms with Crippen molar-refractivity contribution in [3.63, 3.8) is 0 Å². The minimum absolute atomic E-state index is 0.0241. The van der Waals surface area contributed by atoms with E-state index in [-0.39, 0.29) is 6.61 Å². The van der Waals surface area contributed by atoms with Crippen LogP contribution in [-0.4, -0.2) is 22.0 Å². The zero-order valence-electron chi connectivity index (χ0n) is 9.56. The van der Waals surface area contributed by atoms with Gasteiger partial charge in [0, 0.05) is 5.56 Å². The van der Waals surface area contributed by atoms with Crippen LogP contribution in [0.25, 0.3) is 0 Å². The quantitative estimate of drug-likeness (QED) is 0.767. The minimum atomic E-state index is -0.733. The molecule has 0 saturated heterocycles. The van der Waals surface area contributed by atoms with Crippen LogP contribution in [0.2, 0.25) is 0 Å². The van der Waals surface area contributed by atoms with Crippen molar-refractivity contribution in [1.29, 1.82) is 0 Å². The van der Waals surface area contributed by atoms with Gasteiger partial charge in [0.25, 0.3) is 0 Å². The standard InChI is InChI=1S/C10H15N3O3/c1-10(2,3)16-9(14)15-6-7-4-12-13-5-8(7)11/h4-5H,6H2,1-3H3,(H2,11,12). The molecule has 2 N–H and O–H groups in total. The number of ether oxygens (including phenoxy) is 2. The molecular formula is C10H15N3O3. The molecule has 0 spiro atoms. The Hall–Kier alpha value is -1.85. The number of hydrogen-bond acceptors (Lipinski definition) is 6. The molecule has 1 aromatic rings. The molecule has 0 aromatic carbocycles. The normalized spacial score (nSPS) is 10.9. The van der Waals surface area contributed by atoms with Crippen LogP contribution in [-0.2, 0) is 16.1 Å². The van der Waals surface area contributed by atoms with Gasteiger partial charge in [0.1, 0.15) is 12.2 Å². The molecule has 1 aromatic heterocycles. The lowest BCUT2D eigenvalue weighted by Gasteiger charge is -2.18. The van der Waals surface area contributed by atoms with Gasteiger partial charge in [0.05, 0.1) is 18.1 Å². The summed E-state index contributed by atoms with van der Waals surface area (Å²) < 4.78 is 9.84. The summed E-state index contributed by atoms with van der Waals surface area (Å²) in [6, 6.07) is 0. The van der Waals surface area contributed by atoms with E-state index in [1.807, 2.05) is 0 Å². The molecule has 1 heterocycles. The topological polar surface area (TPSA) is 87.3 Å². The minimum Gasteiger partial charge on any atom is -0.429 e. The van der Waals surface area contributed by atoms with E-state index in [1.54, 1.807) is 20.8 Å². The Labute approximate surface area is 93.8 Å². The van der Waals surface area contributed by atoms with Crippen molar-refractivity contribution in [3.8, 4) is 0 Å². The highest BCUT2D eigenvalue weighted by Crippen LogP contribution is 2.12. The van der Waals surface area contributed by atoms with Crippen molar-refractivity contribution in [2.45, 2.75) is 33.0 Å². The van der Waals surface area contributed by atoms with Gasteiger partial charge in [-0.1, -0.05) is 0 Å². The first-order chi connectivity index (χ1) is 7.38. The van der Waals surface area contributed by atoms with E-state index >= 15 is 0 Å². The maximum Gasteiger partial charge on any atom is 0.509 e. The molecule has 0 amide bonds. The second-order valence-electron chi connectivity index (χ2n) is 4.22. The first kappa shape index (κ1) is 12.2. The molecule has 0 aliphatic rings. The summed E-state index contributed by atoms with van der Waals surface area (Å²) in [5.41, 5.74) is 6.06. The Balaban J connectivity index is 2.47. The van der Waals surface area contributed by atoms with Crippen LogP contribution in [0.15, 0.2) is 12.4 Å². The van der Waals surface area contributed by atoms with E-state index in [0.29, 0.717) is 11.3 Å². The third kappa shape index (κ3) is 4.12. The Morgan fingerprint density at radius 2 is 2.00 bits per heavy atom. The SMILES string of the molecule is CC(C)(C)OC(=O)OCc1cnncc1N. The average molecular weight is 225 g/mol. The Morgan fingerprint density at radius 3 is 2.56 bits per heavy atom. The predicted octanol–water partition coefficient (Wildman–Crippen LogP) is 1.51. The van der Waals surface area contributed by atoms with Gasteiger partial charge in [-0.15, -0.1) is 0 Å². The lowest BCUT2D eigenvalue weighted by atomic mass is 10.2. The van der Waals surface area contributed by atoms with Crippen LogP contribution in [0.4, 0.5) is 10.5 Å². The molecule has 0 atom stereocenters. The maximum atomic E-state index is 11.2. The van der Waals surface area contributed by atoms with Crippen LogP contribution in [0.1, 0.15) is 26.3 Å². The highest BCUT2D eigenvalue weighted by molar-refractivity contribution is 5.60. The molecule has 0 aliphatic carbocycles. The number of nitrogen functional groups attached to an aromatic ring is 1. The summed E-state index contributed by atoms with van der Waals surface area (Å²) in [7, 11) is 0. The molecular weight excluding hydrogens is 210 g/mol. The first-order valence-electron chi connectivity index (χ1n) is 4.79. The maximum absolute atomic E-state index is 11.2. The van der Waals surface area contributed by atoms with Gasteiger partial charge < -0.3 is 15.2 Å². The zero-order valence-corrected chi connectivity index (χ0v) is 9.56. The Kier molecular flexibility index (Phi) is 3.65. The predicted molar refractivity (Wildman–Crippen MR) is 57.5 cm³/mol. The van der Waals surface area contributed by atoms with Crippen molar-refractivity contribution in [1.82, 2.24) is 10.2 Å². The zero-order chi connectivity index (χ0) is 12.2. The number of aromatic nitrogens is 2. The third-order valence-electron chi connectivity index (χ3n) is 1.58. The van der Waals surface area contributed by atoms with Crippen molar-refractivity contribution < 1.29 is 14.3 Å². The van der Waals surface area contributed by atoms with Crippen LogP contribution >= 0.6 is 0 Å². The number of rotatable bonds is 2. The van der Waals surface area contributed by atoms with E-state index < -0.39 is 11.8 Å². The molecule has 0 fully saturated rings. The van der Waals surface area contributed by atoms with Crippen molar-refractivity contribution in [2.24, 2.45) is 0 Å². The Bertz CT molecular complexity index is 374. The van der Waals surface area contributed by atoms with Crippen LogP contribution < -0.4 is 5.73 Å². The van der Waals surface area contributed by atoms with E-state index in [2.05, 4.69) is 10.2 Å². The number of anilines is 1. The second-order valence-corrected chi connectivity index (χ2v) is 4.22. The summed E-state index contributed by atoms with van der Waals surface area (Å²) in [5, 5.41) is 7.22. The largest absolute Gasteiger partial charge is 0.509 e. The fourth-order valence-electron chi connectivity index (χ4n) is 0.893. The molecule has 0 saturated carbocycles. The van der Waals surface area contributed by atoms with Gasteiger partial charge in [-0.05, 0) is 20.8 Å². The van der Waals surface area contributed by atoms with Crippen molar-refractivity contribution in [2.75, 3.05) is 5.73 Å². The monoisotopic (exact) mass is 225 g/mol. The van der Waals surface area contributed by atoms with Gasteiger partial charge in [0.2, 0.25) is 0 Å². The highest BCUT2D eigenvalue weighted by atomic mass is 16.7. The summed E-state index contributed by atoms with van der Waals surface area (Å²) in [6.45, 7) is 5.31. The van der Waals surface area contributed by atoms with Crippen LogP contribution in [0.3, 0.4) is 0 Å². The number of carbonyl (C=O) groups excluding carboxylic acids is 1. The number of nitrogens with zero attached hydrogens (tertiary/aromatic N) is 2. The lowest BCUT2D eigenvalue weighted by molar-refractivity contribution is -0.0107. The number of nitrogens with two attached hydrogens (primary N) is 1. The molecule has 6 nitrogen and oxygen atoms in total. The summed E-state index contributed by atoms with van der Waals surface area (Å²) in [4.78, 5) is 11.2. The van der Waals surface area contributed by atoms with Crippen LogP contribution in [0, 0.1) is 0 Å². The van der Waals surface area contributed by atoms with Gasteiger partial charge in [-0.3, -0.25) is 0 Å². The summed E-state index contributed by atoms with van der Waals surface area (Å²) in [6.07, 6.45) is 2.11. The lowest BCUT2D eigenvalue weighted by Crippen LogP contribution is -2.24. The van der Waals surface area contributed by atoms with Crippen molar-refractivity contribution >= 4 is 11.8 Å². The summed E-state index contributed by atoms with van der Waals surface area (Å²) in [5.74, 6) is 0. The van der Waals surface area contributed by atoms with E-state index in [9.17, 15) is 4.79 Å². The van der Waals surface area contributed by atoms with Gasteiger partial charge in [-0.25, -0.2) is 4.79 Å². The molecule has 16 heavy (non-hydrogen) atoms. The van der Waals surface area contributed by atoms with Gasteiger partial charge >= 0.3 is 6.16 Å². The third-order valence-corrected chi connectivity index (χ3v) is 1.58. The molecule has 88 valence electrons. The van der Waals surface area contributed by atoms with E-state index in [0.717, 1.165) is 0 Å². The molecule has 0 bridgehead atoms. The van der Waals surface area contributed by atoms with Gasteiger partial charge in [-0.2, -0.15) is 10.2 Å². The molecule has 6 heteroatoms. The molecule has 0 unspecified atom stereocenters. The van der Waals surface area contributed by atoms with E-state index in [1.165, 1.54) is 12.4 Å². The highest BCUT2D eigenvalue weighted by Gasteiger charge is 2.17. The molecule has 1 rings (SSSR count). The smallest absolute Gasteiger partial charge is 0.429 e. The molecule has 0 aliphatic heterocycles. The van der Waals surface area contributed by atoms with E-state index in [4.69, 9.17) is 15.2 Å². The number of hydrogen-bond donors (Lipinski definition) is 1. The van der Waals surface area contributed by atoms with Crippen LogP contribution in [0.5, 0.6) is 0 Å². The van der Waals surface area contributed by atoms with Gasteiger partial charge in [0.15, 0.2) is 0 Å². The fourth-order valence-corrected chi connectivity index (χ4v) is 0.893. The fraction of sp³-hybridized carbons (Fsp3) is 0.500. The average Bonchev–Trinajstić information content (AvgIpc) is 2.14.